The molecule has 15 heteroatoms. The largest absolute Gasteiger partial charge is 0.490 e. The van der Waals surface area contributed by atoms with Crippen LogP contribution in [0.4, 0.5) is 18.0 Å². The molecule has 2 amide bonds. The molecule has 4 rings (SSSR count). The van der Waals surface area contributed by atoms with Gasteiger partial charge < -0.3 is 24.8 Å². The summed E-state index contributed by atoms with van der Waals surface area (Å²) in [6, 6.07) is 2.52. The zero-order chi connectivity index (χ0) is 30.8. The number of ether oxygens (including phenoxy) is 2. The van der Waals surface area contributed by atoms with E-state index in [2.05, 4.69) is 20.3 Å². The number of aromatic nitrogens is 3. The van der Waals surface area contributed by atoms with Gasteiger partial charge in [-0.05, 0) is 24.5 Å². The van der Waals surface area contributed by atoms with Crippen LogP contribution in [-0.4, -0.2) is 69.4 Å². The SMILES string of the molecule is C[C@@H](NC(=O)c1cc(OC[C@@H]2CN(C(=O)O)CCO2)c(C(C)(C)C)c(-c2ncc(Cl)s2)c1)c1cnc(C(F)(F)F)nc1. The zero-order valence-corrected chi connectivity index (χ0v) is 24.7. The Morgan fingerprint density at radius 3 is 2.48 bits per heavy atom. The van der Waals surface area contributed by atoms with E-state index in [9.17, 15) is 27.9 Å². The smallest absolute Gasteiger partial charge is 0.451 e. The highest BCUT2D eigenvalue weighted by Gasteiger charge is 2.34. The minimum atomic E-state index is -4.68. The minimum Gasteiger partial charge on any atom is -0.490 e. The number of nitrogens with one attached hydrogen (secondary N) is 1. The van der Waals surface area contributed by atoms with Crippen LogP contribution in [-0.2, 0) is 16.3 Å². The Bertz CT molecular complexity index is 1450. The van der Waals surface area contributed by atoms with Crippen LogP contribution in [0, 0.1) is 0 Å². The number of hydrogen-bond donors (Lipinski definition) is 2. The first-order valence-corrected chi connectivity index (χ1v) is 14.1. The number of carbonyl (C=O) groups excluding carboxylic acids is 1. The van der Waals surface area contributed by atoms with Gasteiger partial charge in [-0.1, -0.05) is 32.4 Å². The molecule has 0 saturated carbocycles. The monoisotopic (exact) mass is 627 g/mol. The van der Waals surface area contributed by atoms with Crippen LogP contribution in [0.25, 0.3) is 10.6 Å². The second kappa shape index (κ2) is 12.4. The molecule has 1 fully saturated rings. The van der Waals surface area contributed by atoms with E-state index >= 15 is 0 Å². The summed E-state index contributed by atoms with van der Waals surface area (Å²) in [6.07, 6.45) is -2.72. The van der Waals surface area contributed by atoms with Crippen molar-refractivity contribution in [3.63, 3.8) is 0 Å². The molecular weight excluding hydrogens is 599 g/mol. The third-order valence-electron chi connectivity index (χ3n) is 6.43. The molecule has 1 aromatic carbocycles. The summed E-state index contributed by atoms with van der Waals surface area (Å²) < 4.78 is 51.0. The predicted molar refractivity (Wildman–Crippen MR) is 149 cm³/mol. The second-order valence-electron chi connectivity index (χ2n) is 10.7. The maximum absolute atomic E-state index is 13.5. The third-order valence-corrected chi connectivity index (χ3v) is 7.58. The number of morpholine rings is 1. The number of amides is 2. The number of nitrogens with zero attached hydrogens (tertiary/aromatic N) is 4. The predicted octanol–water partition coefficient (Wildman–Crippen LogP) is 5.82. The molecule has 1 saturated heterocycles. The molecule has 226 valence electrons. The molecule has 2 atom stereocenters. The van der Waals surface area contributed by atoms with Crippen LogP contribution in [0.3, 0.4) is 0 Å². The molecule has 1 aliphatic rings. The maximum atomic E-state index is 13.5. The molecule has 0 unspecified atom stereocenters. The number of benzene rings is 1. The van der Waals surface area contributed by atoms with Crippen molar-refractivity contribution >= 4 is 34.9 Å². The second-order valence-corrected chi connectivity index (χ2v) is 12.3. The number of carbonyl (C=O) groups is 2. The summed E-state index contributed by atoms with van der Waals surface area (Å²) in [7, 11) is 0. The number of alkyl halides is 3. The number of halogens is 4. The molecule has 2 aromatic heterocycles. The lowest BCUT2D eigenvalue weighted by Gasteiger charge is -2.32. The van der Waals surface area contributed by atoms with E-state index in [1.165, 1.54) is 22.4 Å². The van der Waals surface area contributed by atoms with Crippen LogP contribution >= 0.6 is 22.9 Å². The van der Waals surface area contributed by atoms with Gasteiger partial charge in [-0.25, -0.2) is 19.7 Å². The Balaban J connectivity index is 1.67. The topological polar surface area (TPSA) is 127 Å². The number of hydrogen-bond acceptors (Lipinski definition) is 8. The van der Waals surface area contributed by atoms with E-state index in [-0.39, 0.29) is 37.4 Å². The van der Waals surface area contributed by atoms with Gasteiger partial charge in [0.05, 0.1) is 25.4 Å². The van der Waals surface area contributed by atoms with Crippen LogP contribution in [0.5, 0.6) is 5.75 Å². The summed E-state index contributed by atoms with van der Waals surface area (Å²) in [6.45, 7) is 8.16. The Morgan fingerprint density at radius 1 is 1.21 bits per heavy atom. The van der Waals surface area contributed by atoms with Gasteiger partial charge >= 0.3 is 12.3 Å². The van der Waals surface area contributed by atoms with E-state index in [0.29, 0.717) is 20.7 Å². The van der Waals surface area contributed by atoms with Crippen LogP contribution in [0.15, 0.2) is 30.7 Å². The van der Waals surface area contributed by atoms with Crippen molar-refractivity contribution in [3.8, 4) is 16.3 Å². The first-order chi connectivity index (χ1) is 19.6. The molecule has 3 aromatic rings. The fourth-order valence-corrected chi connectivity index (χ4v) is 5.36. The highest BCUT2D eigenvalue weighted by Crippen LogP contribution is 2.42. The Labute approximate surface area is 248 Å². The molecule has 3 heterocycles. The number of carboxylic acid groups (broad SMARTS) is 1. The Kier molecular flexibility index (Phi) is 9.28. The zero-order valence-electron chi connectivity index (χ0n) is 23.2. The van der Waals surface area contributed by atoms with Crippen LogP contribution < -0.4 is 10.1 Å². The Hall–Kier alpha value is -3.49. The van der Waals surface area contributed by atoms with Crippen molar-refractivity contribution < 1.29 is 37.3 Å². The normalized spacial score (nSPS) is 16.7. The number of rotatable bonds is 7. The lowest BCUT2D eigenvalue weighted by atomic mass is 9.82. The quantitative estimate of drug-likeness (QED) is 0.336. The standard InChI is InChI=1S/C27H29ClF3N5O5S/c1-14(16-9-33-24(34-10-16)27(29,30)31)35-22(37)15-7-18(23-32-11-20(28)42-23)21(26(2,3)4)19(8-15)41-13-17-12-36(25(38)39)5-6-40-17/h7-11,14,17H,5-6,12-13H2,1-4H3,(H,35,37)(H,38,39)/t14-,17+/m1/s1. The molecular formula is C27H29ClF3N5O5S. The summed E-state index contributed by atoms with van der Waals surface area (Å²) in [5.74, 6) is -1.43. The Morgan fingerprint density at radius 2 is 1.90 bits per heavy atom. The minimum absolute atomic E-state index is 0.0231. The van der Waals surface area contributed by atoms with Crippen molar-refractivity contribution in [1.29, 1.82) is 0 Å². The number of thiazole rings is 1. The lowest BCUT2D eigenvalue weighted by Crippen LogP contribution is -2.47. The van der Waals surface area contributed by atoms with Gasteiger partial charge in [-0.15, -0.1) is 11.3 Å². The molecule has 0 radical (unpaired) electrons. The van der Waals surface area contributed by atoms with Crippen molar-refractivity contribution in [2.24, 2.45) is 0 Å². The van der Waals surface area contributed by atoms with Crippen molar-refractivity contribution in [1.82, 2.24) is 25.2 Å². The van der Waals surface area contributed by atoms with E-state index in [1.54, 1.807) is 19.1 Å². The lowest BCUT2D eigenvalue weighted by molar-refractivity contribution is -0.145. The van der Waals surface area contributed by atoms with E-state index in [1.807, 2.05) is 20.8 Å². The van der Waals surface area contributed by atoms with E-state index < -0.39 is 41.6 Å². The van der Waals surface area contributed by atoms with Gasteiger partial charge in [-0.2, -0.15) is 13.2 Å². The van der Waals surface area contributed by atoms with Gasteiger partial charge in [0.15, 0.2) is 0 Å². The van der Waals surface area contributed by atoms with Crippen molar-refractivity contribution in [2.45, 2.75) is 51.4 Å². The first kappa shape index (κ1) is 31.4. The van der Waals surface area contributed by atoms with Crippen LogP contribution in [0.2, 0.25) is 4.34 Å². The third kappa shape index (κ3) is 7.47. The molecule has 0 aliphatic carbocycles. The fourth-order valence-electron chi connectivity index (χ4n) is 4.43. The van der Waals surface area contributed by atoms with Gasteiger partial charge in [0, 0.05) is 41.2 Å². The molecule has 2 N–H and O–H groups in total. The molecule has 42 heavy (non-hydrogen) atoms. The van der Waals surface area contributed by atoms with Gasteiger partial charge in [0.1, 0.15) is 27.8 Å². The van der Waals surface area contributed by atoms with E-state index in [0.717, 1.165) is 18.0 Å². The highest BCUT2D eigenvalue weighted by atomic mass is 35.5. The summed E-state index contributed by atoms with van der Waals surface area (Å²) in [5, 5.41) is 12.7. The van der Waals surface area contributed by atoms with Crippen LogP contribution in [0.1, 0.15) is 61.0 Å². The molecule has 0 spiro atoms. The maximum Gasteiger partial charge on any atom is 0.451 e. The summed E-state index contributed by atoms with van der Waals surface area (Å²) in [4.78, 5) is 37.3. The fraction of sp³-hybridized carbons (Fsp3) is 0.444. The average Bonchev–Trinajstić information content (AvgIpc) is 3.36. The van der Waals surface area contributed by atoms with Crippen molar-refractivity contribution in [2.75, 3.05) is 26.3 Å². The summed E-state index contributed by atoms with van der Waals surface area (Å²) in [5.41, 5.74) is 1.37. The highest BCUT2D eigenvalue weighted by molar-refractivity contribution is 7.18. The van der Waals surface area contributed by atoms with Gasteiger partial charge in [0.25, 0.3) is 5.91 Å². The van der Waals surface area contributed by atoms with E-state index in [4.69, 9.17) is 21.1 Å². The first-order valence-electron chi connectivity index (χ1n) is 12.9. The van der Waals surface area contributed by atoms with Gasteiger partial charge in [0.2, 0.25) is 5.82 Å². The molecule has 10 nitrogen and oxygen atoms in total. The van der Waals surface area contributed by atoms with Gasteiger partial charge in [-0.3, -0.25) is 4.79 Å². The summed E-state index contributed by atoms with van der Waals surface area (Å²) >= 11 is 7.42. The molecule has 1 aliphatic heterocycles. The van der Waals surface area contributed by atoms with Crippen molar-refractivity contribution in [3.05, 3.63) is 57.6 Å². The molecule has 0 bridgehead atoms. The average molecular weight is 628 g/mol.